The molecule has 3 aromatic carbocycles. The minimum absolute atomic E-state index is 0.126. The topological polar surface area (TPSA) is 99.6 Å². The maximum Gasteiger partial charge on any atom is 0.271 e. The summed E-state index contributed by atoms with van der Waals surface area (Å²) in [7, 11) is 1.42. The number of imidazole rings is 1. The smallest absolute Gasteiger partial charge is 0.271 e. The summed E-state index contributed by atoms with van der Waals surface area (Å²) in [6.07, 6.45) is 1.41. The molecule has 0 fully saturated rings. The van der Waals surface area contributed by atoms with Gasteiger partial charge >= 0.3 is 0 Å². The molecule has 4 aromatic rings. The summed E-state index contributed by atoms with van der Waals surface area (Å²) in [5.41, 5.74) is 5.95. The molecular weight excluding hydrogens is 404 g/mol. The van der Waals surface area contributed by atoms with E-state index in [9.17, 15) is 9.90 Å². The van der Waals surface area contributed by atoms with Crippen molar-refractivity contribution in [3.05, 3.63) is 76.8 Å². The molecule has 7 nitrogen and oxygen atoms in total. The van der Waals surface area contributed by atoms with Crippen LogP contribution in [0.25, 0.3) is 22.4 Å². The van der Waals surface area contributed by atoms with Crippen LogP contribution < -0.4 is 10.2 Å². The zero-order valence-electron chi connectivity index (χ0n) is 15.9. The highest BCUT2D eigenvalue weighted by Gasteiger charge is 2.10. The maximum atomic E-state index is 12.4. The Morgan fingerprint density at radius 2 is 2.00 bits per heavy atom. The first kappa shape index (κ1) is 19.5. The fourth-order valence-electron chi connectivity index (χ4n) is 2.94. The fourth-order valence-corrected chi connectivity index (χ4v) is 3.16. The number of amides is 1. The SMILES string of the molecule is COc1cc(/C=N/NC(=O)c2ccc3nc(-c4ccccc4)[nH]c3c2)cc(Cl)c1O. The minimum atomic E-state index is -0.374. The van der Waals surface area contributed by atoms with Gasteiger partial charge in [0, 0.05) is 11.1 Å². The number of benzene rings is 3. The number of hydrazone groups is 1. The third-order valence-electron chi connectivity index (χ3n) is 4.44. The lowest BCUT2D eigenvalue weighted by atomic mass is 10.2. The number of phenolic OH excluding ortho intramolecular Hbond substituents is 1. The highest BCUT2D eigenvalue weighted by atomic mass is 35.5. The Morgan fingerprint density at radius 1 is 1.20 bits per heavy atom. The van der Waals surface area contributed by atoms with E-state index >= 15 is 0 Å². The molecule has 0 aliphatic carbocycles. The molecule has 0 spiro atoms. The summed E-state index contributed by atoms with van der Waals surface area (Å²) in [4.78, 5) is 20.2. The van der Waals surface area contributed by atoms with E-state index in [0.717, 1.165) is 22.4 Å². The predicted octanol–water partition coefficient (Wildman–Crippen LogP) is 4.36. The number of carbonyl (C=O) groups excluding carboxylic acids is 1. The number of aromatic nitrogens is 2. The molecule has 0 saturated carbocycles. The third kappa shape index (κ3) is 3.97. The van der Waals surface area contributed by atoms with Crippen LogP contribution in [0.4, 0.5) is 0 Å². The van der Waals surface area contributed by atoms with Crippen molar-refractivity contribution in [3.63, 3.8) is 0 Å². The second kappa shape index (κ2) is 8.26. The van der Waals surface area contributed by atoms with Crippen molar-refractivity contribution in [3.8, 4) is 22.9 Å². The molecule has 0 atom stereocenters. The first-order chi connectivity index (χ1) is 14.5. The van der Waals surface area contributed by atoms with Gasteiger partial charge in [0.2, 0.25) is 0 Å². The van der Waals surface area contributed by atoms with Crippen molar-refractivity contribution >= 4 is 34.8 Å². The number of H-pyrrole nitrogens is 1. The summed E-state index contributed by atoms with van der Waals surface area (Å²) < 4.78 is 5.05. The zero-order chi connectivity index (χ0) is 21.1. The summed E-state index contributed by atoms with van der Waals surface area (Å²) >= 11 is 5.95. The molecule has 1 amide bonds. The first-order valence-corrected chi connectivity index (χ1v) is 9.38. The standard InChI is InChI=1S/C22H17ClN4O3/c1-30-19-10-13(9-16(23)20(19)28)12-24-27-22(29)15-7-8-17-18(11-15)26-21(25-17)14-5-3-2-4-6-14/h2-12,28H,1H3,(H,25,26)(H,27,29)/b24-12+. The number of hydrogen-bond donors (Lipinski definition) is 3. The van der Waals surface area contributed by atoms with Crippen LogP contribution in [-0.4, -0.2) is 34.3 Å². The molecule has 0 aliphatic heterocycles. The lowest BCUT2D eigenvalue weighted by molar-refractivity contribution is 0.0955. The maximum absolute atomic E-state index is 12.4. The summed E-state index contributed by atoms with van der Waals surface area (Å²) in [6, 6.07) is 18.0. The van der Waals surface area contributed by atoms with Gasteiger partial charge in [-0.05, 0) is 35.9 Å². The molecule has 0 unspecified atom stereocenters. The molecule has 1 aromatic heterocycles. The van der Waals surface area contributed by atoms with Gasteiger partial charge in [-0.1, -0.05) is 41.9 Å². The summed E-state index contributed by atoms with van der Waals surface area (Å²) in [6.45, 7) is 0. The van der Waals surface area contributed by atoms with E-state index < -0.39 is 0 Å². The predicted molar refractivity (Wildman–Crippen MR) is 116 cm³/mol. The molecule has 4 rings (SSSR count). The van der Waals surface area contributed by atoms with Crippen LogP contribution in [0, 0.1) is 0 Å². The zero-order valence-corrected chi connectivity index (χ0v) is 16.6. The van der Waals surface area contributed by atoms with Crippen molar-refractivity contribution in [2.75, 3.05) is 7.11 Å². The van der Waals surface area contributed by atoms with Gasteiger partial charge in [-0.25, -0.2) is 10.4 Å². The van der Waals surface area contributed by atoms with Crippen LogP contribution in [0.15, 0.2) is 65.8 Å². The number of rotatable bonds is 5. The van der Waals surface area contributed by atoms with Gasteiger partial charge in [-0.3, -0.25) is 4.79 Å². The summed E-state index contributed by atoms with van der Waals surface area (Å²) in [5, 5.41) is 13.8. The van der Waals surface area contributed by atoms with Crippen LogP contribution in [0.2, 0.25) is 5.02 Å². The van der Waals surface area contributed by atoms with E-state index in [-0.39, 0.29) is 22.4 Å². The van der Waals surface area contributed by atoms with E-state index in [0.29, 0.717) is 11.1 Å². The van der Waals surface area contributed by atoms with Crippen molar-refractivity contribution in [1.82, 2.24) is 15.4 Å². The number of nitrogens with zero attached hydrogens (tertiary/aromatic N) is 2. The Balaban J connectivity index is 1.51. The quantitative estimate of drug-likeness (QED) is 0.330. The van der Waals surface area contributed by atoms with Crippen molar-refractivity contribution in [1.29, 1.82) is 0 Å². The van der Waals surface area contributed by atoms with Crippen LogP contribution >= 0.6 is 11.6 Å². The Bertz CT molecular complexity index is 1250. The van der Waals surface area contributed by atoms with E-state index in [1.807, 2.05) is 30.3 Å². The van der Waals surface area contributed by atoms with Gasteiger partial charge in [-0.2, -0.15) is 5.10 Å². The van der Waals surface area contributed by atoms with Gasteiger partial charge < -0.3 is 14.8 Å². The average Bonchev–Trinajstić information content (AvgIpc) is 3.20. The van der Waals surface area contributed by atoms with Crippen molar-refractivity contribution < 1.29 is 14.6 Å². The molecule has 30 heavy (non-hydrogen) atoms. The fraction of sp³-hybridized carbons (Fsp3) is 0.0455. The van der Waals surface area contributed by atoms with Gasteiger partial charge in [-0.15, -0.1) is 0 Å². The van der Waals surface area contributed by atoms with Crippen LogP contribution in [-0.2, 0) is 0 Å². The molecule has 150 valence electrons. The molecule has 8 heteroatoms. The number of phenols is 1. The van der Waals surface area contributed by atoms with E-state index in [1.54, 1.807) is 24.3 Å². The Kier molecular flexibility index (Phi) is 5.36. The van der Waals surface area contributed by atoms with Crippen molar-refractivity contribution in [2.45, 2.75) is 0 Å². The number of aromatic hydroxyl groups is 1. The van der Waals surface area contributed by atoms with Crippen LogP contribution in [0.5, 0.6) is 11.5 Å². The molecule has 0 saturated heterocycles. The lowest BCUT2D eigenvalue weighted by Gasteiger charge is -2.06. The van der Waals surface area contributed by atoms with E-state index in [2.05, 4.69) is 20.5 Å². The van der Waals surface area contributed by atoms with Gasteiger partial charge in [0.25, 0.3) is 5.91 Å². The number of aromatic amines is 1. The molecule has 1 heterocycles. The molecular formula is C22H17ClN4O3. The largest absolute Gasteiger partial charge is 0.503 e. The Hall–Kier alpha value is -3.84. The number of nitrogens with one attached hydrogen (secondary N) is 2. The summed E-state index contributed by atoms with van der Waals surface area (Å²) in [5.74, 6) is 0.428. The van der Waals surface area contributed by atoms with Crippen LogP contribution in [0.1, 0.15) is 15.9 Å². The number of carbonyl (C=O) groups is 1. The molecule has 0 radical (unpaired) electrons. The second-order valence-electron chi connectivity index (χ2n) is 6.44. The normalized spacial score (nSPS) is 11.1. The highest BCUT2D eigenvalue weighted by Crippen LogP contribution is 2.34. The first-order valence-electron chi connectivity index (χ1n) is 9.00. The lowest BCUT2D eigenvalue weighted by Crippen LogP contribution is -2.17. The average molecular weight is 421 g/mol. The van der Waals surface area contributed by atoms with Crippen LogP contribution in [0.3, 0.4) is 0 Å². The minimum Gasteiger partial charge on any atom is -0.503 e. The van der Waals surface area contributed by atoms with E-state index in [4.69, 9.17) is 16.3 Å². The van der Waals surface area contributed by atoms with Gasteiger partial charge in [0.05, 0.1) is 29.4 Å². The van der Waals surface area contributed by atoms with E-state index in [1.165, 1.54) is 19.4 Å². The second-order valence-corrected chi connectivity index (χ2v) is 6.84. The number of halogens is 1. The monoisotopic (exact) mass is 420 g/mol. The number of ether oxygens (including phenoxy) is 1. The highest BCUT2D eigenvalue weighted by molar-refractivity contribution is 6.32. The number of fused-ring (bicyclic) bond motifs is 1. The van der Waals surface area contributed by atoms with Gasteiger partial charge in [0.1, 0.15) is 5.82 Å². The molecule has 0 bridgehead atoms. The number of hydrogen-bond acceptors (Lipinski definition) is 5. The third-order valence-corrected chi connectivity index (χ3v) is 4.73. The Labute approximate surface area is 177 Å². The molecule has 3 N–H and O–H groups in total. The van der Waals surface area contributed by atoms with Crippen molar-refractivity contribution in [2.24, 2.45) is 5.10 Å². The molecule has 0 aliphatic rings. The van der Waals surface area contributed by atoms with Gasteiger partial charge in [0.15, 0.2) is 11.5 Å². The Morgan fingerprint density at radius 3 is 2.77 bits per heavy atom. The number of methoxy groups -OCH3 is 1.